The number of unbranched alkanes of at least 4 members (excludes halogenated alkanes) is 1. The van der Waals surface area contributed by atoms with Crippen molar-refractivity contribution in [1.82, 2.24) is 0 Å². The molecule has 0 bridgehead atoms. The third-order valence-corrected chi connectivity index (χ3v) is 5.22. The van der Waals surface area contributed by atoms with Gasteiger partial charge >= 0.3 is 11.9 Å². The van der Waals surface area contributed by atoms with Crippen molar-refractivity contribution in [2.75, 3.05) is 18.5 Å². The number of hydrogen-bond donors (Lipinski definition) is 2. The predicted molar refractivity (Wildman–Crippen MR) is 119 cm³/mol. The van der Waals surface area contributed by atoms with E-state index < -0.39 is 33.0 Å². The van der Waals surface area contributed by atoms with Crippen LogP contribution in [0, 0.1) is 0 Å². The average molecular weight is 465 g/mol. The fourth-order valence-electron chi connectivity index (χ4n) is 2.71. The summed E-state index contributed by atoms with van der Waals surface area (Å²) in [6, 6.07) is 11.1. The van der Waals surface area contributed by atoms with Crippen LogP contribution in [0.4, 0.5) is 5.69 Å². The van der Waals surface area contributed by atoms with E-state index >= 15 is 0 Å². The third kappa shape index (κ3) is 6.96. The van der Waals surface area contributed by atoms with E-state index in [2.05, 4.69) is 5.32 Å². The first kappa shape index (κ1) is 25.2. The lowest BCUT2D eigenvalue weighted by atomic mass is 10.1. The Kier molecular flexibility index (Phi) is 9.03. The van der Waals surface area contributed by atoms with Gasteiger partial charge in [-0.15, -0.1) is 0 Å². The third-order valence-electron chi connectivity index (χ3n) is 4.31. The van der Waals surface area contributed by atoms with E-state index in [4.69, 9.17) is 19.3 Å². The summed E-state index contributed by atoms with van der Waals surface area (Å²) >= 11 is 0. The smallest absolute Gasteiger partial charge is 0.347 e. The Bertz CT molecular complexity index is 1040. The second kappa shape index (κ2) is 11.5. The Morgan fingerprint density at radius 3 is 2.41 bits per heavy atom. The van der Waals surface area contributed by atoms with Crippen molar-refractivity contribution in [3.8, 4) is 11.5 Å². The van der Waals surface area contributed by atoms with E-state index in [0.29, 0.717) is 12.3 Å². The number of rotatable bonds is 11. The number of para-hydroxylation sites is 1. The van der Waals surface area contributed by atoms with Gasteiger partial charge in [-0.25, -0.2) is 23.1 Å². The van der Waals surface area contributed by atoms with E-state index in [1.807, 2.05) is 6.92 Å². The number of carbonyl (C=O) groups is 2. The van der Waals surface area contributed by atoms with E-state index in [-0.39, 0.29) is 23.6 Å². The number of benzene rings is 2. The maximum absolute atomic E-state index is 12.7. The molecule has 0 radical (unpaired) electrons. The molecular weight excluding hydrogens is 436 g/mol. The van der Waals surface area contributed by atoms with Crippen LogP contribution in [0.15, 0.2) is 47.4 Å². The van der Waals surface area contributed by atoms with Crippen molar-refractivity contribution < 1.29 is 32.2 Å². The monoisotopic (exact) mass is 464 g/mol. The molecule has 0 spiro atoms. The van der Waals surface area contributed by atoms with Crippen molar-refractivity contribution in [3.63, 3.8) is 0 Å². The van der Waals surface area contributed by atoms with Gasteiger partial charge in [-0.3, -0.25) is 0 Å². The van der Waals surface area contributed by atoms with Gasteiger partial charge in [0.05, 0.1) is 17.9 Å². The Morgan fingerprint density at radius 1 is 1.12 bits per heavy atom. The van der Waals surface area contributed by atoms with Gasteiger partial charge in [0, 0.05) is 6.54 Å². The molecule has 3 N–H and O–H groups in total. The SMILES string of the molecule is CCCCNc1cc(C(=O)O[C@H](C)C(=O)OCC)cc(S(N)(=O)=O)c1Oc1ccccc1. The van der Waals surface area contributed by atoms with E-state index in [1.54, 1.807) is 37.3 Å². The second-order valence-corrected chi connectivity index (χ2v) is 8.42. The van der Waals surface area contributed by atoms with Crippen molar-refractivity contribution in [2.45, 2.75) is 44.6 Å². The Balaban J connectivity index is 2.51. The fourth-order valence-corrected chi connectivity index (χ4v) is 3.41. The summed E-state index contributed by atoms with van der Waals surface area (Å²) in [5.74, 6) is -1.26. The number of esters is 2. The number of carbonyl (C=O) groups excluding carboxylic acids is 2. The highest BCUT2D eigenvalue weighted by molar-refractivity contribution is 7.89. The summed E-state index contributed by atoms with van der Waals surface area (Å²) in [5.41, 5.74) is 0.147. The number of nitrogens with one attached hydrogen (secondary N) is 1. The van der Waals surface area contributed by atoms with Crippen LogP contribution in [0.1, 0.15) is 44.0 Å². The maximum atomic E-state index is 12.7. The Hall–Kier alpha value is -3.11. The molecule has 2 aromatic rings. The van der Waals surface area contributed by atoms with Crippen molar-refractivity contribution in [1.29, 1.82) is 0 Å². The van der Waals surface area contributed by atoms with E-state index in [0.717, 1.165) is 18.9 Å². The van der Waals surface area contributed by atoms with Gasteiger partial charge in [-0.1, -0.05) is 31.5 Å². The summed E-state index contributed by atoms with van der Waals surface area (Å²) in [6.45, 7) is 5.63. The van der Waals surface area contributed by atoms with Crippen LogP contribution >= 0.6 is 0 Å². The molecule has 0 aliphatic carbocycles. The fraction of sp³-hybridized carbons (Fsp3) is 0.364. The van der Waals surface area contributed by atoms with Gasteiger partial charge in [0.15, 0.2) is 11.9 Å². The van der Waals surface area contributed by atoms with E-state index in [9.17, 15) is 18.0 Å². The van der Waals surface area contributed by atoms with Crippen LogP contribution in [0.25, 0.3) is 0 Å². The van der Waals surface area contributed by atoms with Gasteiger partial charge in [-0.05, 0) is 44.5 Å². The summed E-state index contributed by atoms with van der Waals surface area (Å²) in [4.78, 5) is 24.1. The summed E-state index contributed by atoms with van der Waals surface area (Å²) in [7, 11) is -4.28. The van der Waals surface area contributed by atoms with Crippen LogP contribution in [0.3, 0.4) is 0 Å². The zero-order valence-corrected chi connectivity index (χ0v) is 19.1. The zero-order chi connectivity index (χ0) is 23.7. The number of primary sulfonamides is 1. The van der Waals surface area contributed by atoms with Crippen molar-refractivity contribution in [2.24, 2.45) is 5.14 Å². The van der Waals surface area contributed by atoms with Crippen LogP contribution in [-0.2, 0) is 24.3 Å². The van der Waals surface area contributed by atoms with Crippen molar-refractivity contribution >= 4 is 27.6 Å². The largest absolute Gasteiger partial charge is 0.463 e. The minimum atomic E-state index is -4.28. The molecule has 2 rings (SSSR count). The molecule has 32 heavy (non-hydrogen) atoms. The van der Waals surface area contributed by atoms with Gasteiger partial charge in [-0.2, -0.15) is 0 Å². The molecule has 0 saturated carbocycles. The lowest BCUT2D eigenvalue weighted by molar-refractivity contribution is -0.152. The van der Waals surface area contributed by atoms with Crippen molar-refractivity contribution in [3.05, 3.63) is 48.0 Å². The number of ether oxygens (including phenoxy) is 3. The Morgan fingerprint density at radius 2 is 1.81 bits per heavy atom. The van der Waals surface area contributed by atoms with Crippen LogP contribution in [0.2, 0.25) is 0 Å². The molecule has 0 saturated heterocycles. The summed E-state index contributed by atoms with van der Waals surface area (Å²) in [5, 5.41) is 8.53. The summed E-state index contributed by atoms with van der Waals surface area (Å²) < 4.78 is 40.5. The van der Waals surface area contributed by atoms with Gasteiger partial charge < -0.3 is 19.5 Å². The number of hydrogen-bond acceptors (Lipinski definition) is 8. The maximum Gasteiger partial charge on any atom is 0.347 e. The standard InChI is InChI=1S/C22H28N2O7S/c1-4-6-12-24-18-13-16(22(26)30-15(3)21(25)29-5-2)14-19(32(23,27)28)20(18)31-17-10-8-7-9-11-17/h7-11,13-15,24H,4-6,12H2,1-3H3,(H2,23,27,28)/t15-/m1/s1. The molecule has 0 aromatic heterocycles. The second-order valence-electron chi connectivity index (χ2n) is 6.89. The molecule has 174 valence electrons. The summed E-state index contributed by atoms with van der Waals surface area (Å²) in [6.07, 6.45) is 0.518. The van der Waals surface area contributed by atoms with Gasteiger partial charge in [0.1, 0.15) is 10.6 Å². The molecule has 2 aromatic carbocycles. The van der Waals surface area contributed by atoms with Crippen LogP contribution in [-0.4, -0.2) is 39.6 Å². The van der Waals surface area contributed by atoms with E-state index in [1.165, 1.54) is 13.0 Å². The minimum Gasteiger partial charge on any atom is -0.463 e. The quantitative estimate of drug-likeness (QED) is 0.381. The highest BCUT2D eigenvalue weighted by atomic mass is 32.2. The number of nitrogens with two attached hydrogens (primary N) is 1. The lowest BCUT2D eigenvalue weighted by Gasteiger charge is -2.18. The number of anilines is 1. The molecule has 0 aliphatic heterocycles. The molecule has 10 heteroatoms. The molecule has 0 unspecified atom stereocenters. The predicted octanol–water partition coefficient (Wildman–Crippen LogP) is 3.45. The topological polar surface area (TPSA) is 134 Å². The number of sulfonamides is 1. The molecule has 1 atom stereocenters. The van der Waals surface area contributed by atoms with Crippen LogP contribution < -0.4 is 15.2 Å². The first-order valence-electron chi connectivity index (χ1n) is 10.2. The molecule has 0 fully saturated rings. The molecular formula is C22H28N2O7S. The highest BCUT2D eigenvalue weighted by Gasteiger charge is 2.26. The molecule has 0 aliphatic rings. The first-order chi connectivity index (χ1) is 15.2. The normalized spacial score (nSPS) is 12.0. The highest BCUT2D eigenvalue weighted by Crippen LogP contribution is 2.37. The van der Waals surface area contributed by atoms with Gasteiger partial charge in [0.2, 0.25) is 10.0 Å². The zero-order valence-electron chi connectivity index (χ0n) is 18.3. The lowest BCUT2D eigenvalue weighted by Crippen LogP contribution is -2.26. The average Bonchev–Trinajstić information content (AvgIpc) is 2.74. The molecule has 0 heterocycles. The Labute approximate surface area is 187 Å². The molecule has 0 amide bonds. The minimum absolute atomic E-state index is 0.0372. The molecule has 9 nitrogen and oxygen atoms in total. The van der Waals surface area contributed by atoms with Crippen LogP contribution in [0.5, 0.6) is 11.5 Å². The van der Waals surface area contributed by atoms with Gasteiger partial charge in [0.25, 0.3) is 0 Å². The first-order valence-corrected chi connectivity index (χ1v) is 11.8.